The van der Waals surface area contributed by atoms with Gasteiger partial charge in [-0.1, -0.05) is 42.5 Å². The second-order valence-corrected chi connectivity index (χ2v) is 6.39. The van der Waals surface area contributed by atoms with Crippen LogP contribution in [0.15, 0.2) is 72.8 Å². The summed E-state index contributed by atoms with van der Waals surface area (Å²) in [6, 6.07) is 17.1. The second kappa shape index (κ2) is 6.98. The maximum Gasteiger partial charge on any atom is 0.0964 e. The van der Waals surface area contributed by atoms with Gasteiger partial charge in [0.05, 0.1) is 30.2 Å². The zero-order chi connectivity index (χ0) is 17.1. The number of para-hydroxylation sites is 2. The molecular formula is C22H22N2O. The first-order valence-electron chi connectivity index (χ1n) is 8.77. The molecule has 1 aliphatic carbocycles. The van der Waals surface area contributed by atoms with Crippen LogP contribution in [0.25, 0.3) is 16.6 Å². The third-order valence-corrected chi connectivity index (χ3v) is 4.79. The fourth-order valence-corrected chi connectivity index (χ4v) is 3.34. The lowest BCUT2D eigenvalue weighted by Gasteiger charge is -2.13. The molecule has 0 saturated carbocycles. The summed E-state index contributed by atoms with van der Waals surface area (Å²) in [5.74, 6) is 1.06. The van der Waals surface area contributed by atoms with E-state index in [1.165, 1.54) is 22.2 Å². The quantitative estimate of drug-likeness (QED) is 0.659. The Hall–Kier alpha value is -2.81. The predicted octanol–water partition coefficient (Wildman–Crippen LogP) is 4.99. The SMILES string of the molecule is COC1=CC(c2ccc(CCn3cnc4ccccc43)cc2)=CCC1. The van der Waals surface area contributed by atoms with Gasteiger partial charge in [0.2, 0.25) is 0 Å². The van der Waals surface area contributed by atoms with Gasteiger partial charge in [-0.15, -0.1) is 0 Å². The molecule has 0 saturated heterocycles. The molecule has 0 radical (unpaired) electrons. The first-order chi connectivity index (χ1) is 12.3. The average molecular weight is 330 g/mol. The fraction of sp³-hybridized carbons (Fsp3) is 0.227. The van der Waals surface area contributed by atoms with E-state index in [-0.39, 0.29) is 0 Å². The molecule has 0 unspecified atom stereocenters. The van der Waals surface area contributed by atoms with Crippen LogP contribution in [0.3, 0.4) is 0 Å². The second-order valence-electron chi connectivity index (χ2n) is 6.39. The van der Waals surface area contributed by atoms with Crippen LogP contribution in [0.4, 0.5) is 0 Å². The summed E-state index contributed by atoms with van der Waals surface area (Å²) in [5, 5.41) is 0. The van der Waals surface area contributed by atoms with Crippen molar-refractivity contribution < 1.29 is 4.74 Å². The Labute approximate surface area is 148 Å². The van der Waals surface area contributed by atoms with E-state index < -0.39 is 0 Å². The minimum Gasteiger partial charge on any atom is -0.501 e. The van der Waals surface area contributed by atoms with Crippen molar-refractivity contribution in [3.63, 3.8) is 0 Å². The first-order valence-corrected chi connectivity index (χ1v) is 8.77. The van der Waals surface area contributed by atoms with Gasteiger partial charge in [-0.2, -0.15) is 0 Å². The van der Waals surface area contributed by atoms with E-state index in [0.717, 1.165) is 37.1 Å². The molecule has 3 nitrogen and oxygen atoms in total. The molecule has 0 spiro atoms. The minimum atomic E-state index is 0.941. The van der Waals surface area contributed by atoms with E-state index in [4.69, 9.17) is 4.74 Å². The Morgan fingerprint density at radius 2 is 1.92 bits per heavy atom. The monoisotopic (exact) mass is 330 g/mol. The summed E-state index contributed by atoms with van der Waals surface area (Å²) < 4.78 is 7.62. The Balaban J connectivity index is 1.46. The number of methoxy groups -OCH3 is 1. The number of aryl methyl sites for hydroxylation is 2. The maximum absolute atomic E-state index is 5.39. The van der Waals surface area contributed by atoms with Crippen molar-refractivity contribution >= 4 is 16.6 Å². The van der Waals surface area contributed by atoms with Crippen LogP contribution >= 0.6 is 0 Å². The van der Waals surface area contributed by atoms with Crippen LogP contribution in [-0.2, 0) is 17.7 Å². The maximum atomic E-state index is 5.39. The number of benzene rings is 2. The van der Waals surface area contributed by atoms with Crippen molar-refractivity contribution in [3.05, 3.63) is 83.9 Å². The van der Waals surface area contributed by atoms with Gasteiger partial charge in [-0.05, 0) is 47.8 Å². The predicted molar refractivity (Wildman–Crippen MR) is 102 cm³/mol. The summed E-state index contributed by atoms with van der Waals surface area (Å²) in [5.41, 5.74) is 6.11. The van der Waals surface area contributed by atoms with Crippen LogP contribution in [0.2, 0.25) is 0 Å². The lowest BCUT2D eigenvalue weighted by atomic mass is 9.97. The highest BCUT2D eigenvalue weighted by Crippen LogP contribution is 2.26. The lowest BCUT2D eigenvalue weighted by molar-refractivity contribution is 0.277. The summed E-state index contributed by atoms with van der Waals surface area (Å²) in [4.78, 5) is 4.46. The van der Waals surface area contributed by atoms with E-state index in [9.17, 15) is 0 Å². The summed E-state index contributed by atoms with van der Waals surface area (Å²) >= 11 is 0. The van der Waals surface area contributed by atoms with E-state index in [0.29, 0.717) is 0 Å². The number of ether oxygens (including phenoxy) is 1. The van der Waals surface area contributed by atoms with Crippen LogP contribution in [0.5, 0.6) is 0 Å². The molecule has 2 aromatic carbocycles. The number of fused-ring (bicyclic) bond motifs is 1. The minimum absolute atomic E-state index is 0.941. The van der Waals surface area contributed by atoms with Gasteiger partial charge in [0.15, 0.2) is 0 Å². The van der Waals surface area contributed by atoms with E-state index in [1.807, 2.05) is 12.4 Å². The van der Waals surface area contributed by atoms with Gasteiger partial charge in [0.1, 0.15) is 0 Å². The van der Waals surface area contributed by atoms with Crippen LogP contribution in [0.1, 0.15) is 24.0 Å². The van der Waals surface area contributed by atoms with Gasteiger partial charge < -0.3 is 9.30 Å². The van der Waals surface area contributed by atoms with Crippen molar-refractivity contribution in [2.75, 3.05) is 7.11 Å². The van der Waals surface area contributed by atoms with Crippen LogP contribution in [-0.4, -0.2) is 16.7 Å². The molecule has 4 rings (SSSR count). The summed E-state index contributed by atoms with van der Waals surface area (Å²) in [7, 11) is 1.75. The lowest BCUT2D eigenvalue weighted by Crippen LogP contribution is -2.00. The number of rotatable bonds is 5. The largest absolute Gasteiger partial charge is 0.501 e. The van der Waals surface area contributed by atoms with Gasteiger partial charge >= 0.3 is 0 Å². The molecule has 0 N–H and O–H groups in total. The normalized spacial score (nSPS) is 14.3. The molecule has 0 amide bonds. The Kier molecular flexibility index (Phi) is 4.38. The standard InChI is InChI=1S/C22H22N2O/c1-25-20-6-4-5-19(15-20)18-11-9-17(10-12-18)13-14-24-16-23-21-7-2-3-8-22(21)24/h2-3,5,7-12,15-16H,4,6,13-14H2,1H3. The molecule has 3 aromatic rings. The Bertz CT molecular complexity index is 932. The molecule has 0 aliphatic heterocycles. The van der Waals surface area contributed by atoms with Crippen LogP contribution in [0, 0.1) is 0 Å². The molecule has 25 heavy (non-hydrogen) atoms. The van der Waals surface area contributed by atoms with Crippen molar-refractivity contribution in [1.29, 1.82) is 0 Å². The number of hydrogen-bond donors (Lipinski definition) is 0. The van der Waals surface area contributed by atoms with Crippen molar-refractivity contribution in [3.8, 4) is 0 Å². The number of aromatic nitrogens is 2. The molecule has 1 heterocycles. The highest BCUT2D eigenvalue weighted by molar-refractivity contribution is 5.76. The zero-order valence-electron chi connectivity index (χ0n) is 14.5. The third kappa shape index (κ3) is 3.36. The van der Waals surface area contributed by atoms with Gasteiger partial charge in [-0.3, -0.25) is 0 Å². The Morgan fingerprint density at radius 1 is 1.08 bits per heavy atom. The smallest absolute Gasteiger partial charge is 0.0964 e. The molecule has 1 aromatic heterocycles. The van der Waals surface area contributed by atoms with Crippen molar-refractivity contribution in [2.45, 2.75) is 25.8 Å². The van der Waals surface area contributed by atoms with Gasteiger partial charge in [0.25, 0.3) is 0 Å². The first kappa shape index (κ1) is 15.7. The molecule has 0 bridgehead atoms. The highest BCUT2D eigenvalue weighted by Gasteiger charge is 2.08. The molecule has 0 fully saturated rings. The summed E-state index contributed by atoms with van der Waals surface area (Å²) in [6.07, 6.45) is 9.41. The van der Waals surface area contributed by atoms with E-state index in [1.54, 1.807) is 7.11 Å². The summed E-state index contributed by atoms with van der Waals surface area (Å²) in [6.45, 7) is 0.941. The highest BCUT2D eigenvalue weighted by atomic mass is 16.5. The fourth-order valence-electron chi connectivity index (χ4n) is 3.34. The molecule has 1 aliphatic rings. The third-order valence-electron chi connectivity index (χ3n) is 4.79. The van der Waals surface area contributed by atoms with Crippen LogP contribution < -0.4 is 0 Å². The molecule has 126 valence electrons. The number of allylic oxidation sites excluding steroid dienone is 4. The number of nitrogens with zero attached hydrogens (tertiary/aromatic N) is 2. The van der Waals surface area contributed by atoms with Gasteiger partial charge in [-0.25, -0.2) is 4.98 Å². The van der Waals surface area contributed by atoms with E-state index >= 15 is 0 Å². The average Bonchev–Trinajstić information content (AvgIpc) is 3.10. The molecular weight excluding hydrogens is 308 g/mol. The molecule has 0 atom stereocenters. The van der Waals surface area contributed by atoms with Crippen molar-refractivity contribution in [2.24, 2.45) is 0 Å². The molecule has 3 heteroatoms. The van der Waals surface area contributed by atoms with Gasteiger partial charge in [0, 0.05) is 13.0 Å². The van der Waals surface area contributed by atoms with E-state index in [2.05, 4.69) is 64.2 Å². The zero-order valence-corrected chi connectivity index (χ0v) is 14.5. The number of hydrogen-bond acceptors (Lipinski definition) is 2. The Morgan fingerprint density at radius 3 is 2.76 bits per heavy atom. The van der Waals surface area contributed by atoms with Crippen molar-refractivity contribution in [1.82, 2.24) is 9.55 Å². The topological polar surface area (TPSA) is 27.1 Å². The number of imidazole rings is 1.